The molecule has 0 saturated heterocycles. The van der Waals surface area contributed by atoms with Gasteiger partial charge in [-0.3, -0.25) is 4.98 Å². The molecular formula is C13H13ClN4. The summed E-state index contributed by atoms with van der Waals surface area (Å²) in [5.41, 5.74) is 1.11. The number of hydrogen-bond acceptors (Lipinski definition) is 4. The molecule has 2 aromatic rings. The van der Waals surface area contributed by atoms with Crippen LogP contribution in [0.25, 0.3) is 0 Å². The maximum Gasteiger partial charge on any atom is 0.135 e. The van der Waals surface area contributed by atoms with Gasteiger partial charge in [-0.1, -0.05) is 17.7 Å². The van der Waals surface area contributed by atoms with E-state index in [0.717, 1.165) is 17.2 Å². The first-order chi connectivity index (χ1) is 8.81. The van der Waals surface area contributed by atoms with E-state index in [1.165, 1.54) is 12.8 Å². The zero-order chi connectivity index (χ0) is 12.4. The predicted molar refractivity (Wildman–Crippen MR) is 70.6 cm³/mol. The Kier molecular flexibility index (Phi) is 3.11. The van der Waals surface area contributed by atoms with Gasteiger partial charge in [0.1, 0.15) is 16.8 Å². The van der Waals surface area contributed by atoms with Gasteiger partial charge in [-0.05, 0) is 24.5 Å². The van der Waals surface area contributed by atoms with Crippen LogP contribution in [0.5, 0.6) is 0 Å². The third-order valence-corrected chi connectivity index (χ3v) is 3.04. The highest BCUT2D eigenvalue weighted by Gasteiger charge is 2.27. The normalized spacial score (nSPS) is 14.5. The molecule has 18 heavy (non-hydrogen) atoms. The summed E-state index contributed by atoms with van der Waals surface area (Å²) in [6, 6.07) is 5.69. The molecule has 0 bridgehead atoms. The average molecular weight is 261 g/mol. The Morgan fingerprint density at radius 3 is 2.94 bits per heavy atom. The minimum atomic E-state index is 0.501. The van der Waals surface area contributed by atoms with Crippen molar-refractivity contribution in [1.82, 2.24) is 15.0 Å². The highest BCUT2D eigenvalue weighted by atomic mass is 35.5. The van der Waals surface area contributed by atoms with Crippen molar-refractivity contribution in [2.75, 3.05) is 5.32 Å². The number of nitrogens with one attached hydrogen (secondary N) is 1. The van der Waals surface area contributed by atoms with E-state index in [-0.39, 0.29) is 0 Å². The standard InChI is InChI=1S/C13H13ClN4/c14-11-6-12(18-13(17-11)10-3-4-10)16-8-9-2-1-5-15-7-9/h1-2,5-7,10H,3-4,8H2,(H,16,17,18). The monoisotopic (exact) mass is 260 g/mol. The van der Waals surface area contributed by atoms with E-state index >= 15 is 0 Å². The van der Waals surface area contributed by atoms with E-state index < -0.39 is 0 Å². The minimum absolute atomic E-state index is 0.501. The Morgan fingerprint density at radius 1 is 1.33 bits per heavy atom. The first-order valence-corrected chi connectivity index (χ1v) is 6.36. The van der Waals surface area contributed by atoms with Crippen LogP contribution in [0, 0.1) is 0 Å². The molecule has 0 unspecified atom stereocenters. The van der Waals surface area contributed by atoms with Gasteiger partial charge in [-0.15, -0.1) is 0 Å². The Bertz CT molecular complexity index is 540. The van der Waals surface area contributed by atoms with Crippen molar-refractivity contribution in [2.24, 2.45) is 0 Å². The van der Waals surface area contributed by atoms with Gasteiger partial charge in [0.25, 0.3) is 0 Å². The first-order valence-electron chi connectivity index (χ1n) is 5.98. The molecule has 0 spiro atoms. The van der Waals surface area contributed by atoms with Gasteiger partial charge >= 0.3 is 0 Å². The molecular weight excluding hydrogens is 248 g/mol. The van der Waals surface area contributed by atoms with Crippen LogP contribution in [0.2, 0.25) is 5.15 Å². The van der Waals surface area contributed by atoms with Crippen molar-refractivity contribution in [1.29, 1.82) is 0 Å². The third-order valence-electron chi connectivity index (χ3n) is 2.85. The van der Waals surface area contributed by atoms with Crippen LogP contribution in [-0.2, 0) is 6.54 Å². The molecule has 1 saturated carbocycles. The van der Waals surface area contributed by atoms with Gasteiger partial charge in [0.15, 0.2) is 0 Å². The van der Waals surface area contributed by atoms with E-state index in [4.69, 9.17) is 11.6 Å². The lowest BCUT2D eigenvalue weighted by Crippen LogP contribution is -2.04. The van der Waals surface area contributed by atoms with E-state index in [1.807, 2.05) is 18.3 Å². The summed E-state index contributed by atoms with van der Waals surface area (Å²) in [5.74, 6) is 2.14. The highest BCUT2D eigenvalue weighted by Crippen LogP contribution is 2.38. The average Bonchev–Trinajstić information content (AvgIpc) is 3.21. The SMILES string of the molecule is Clc1cc(NCc2cccnc2)nc(C2CC2)n1. The zero-order valence-corrected chi connectivity index (χ0v) is 10.6. The maximum absolute atomic E-state index is 6.00. The van der Waals surface area contributed by atoms with Crippen molar-refractivity contribution in [2.45, 2.75) is 25.3 Å². The molecule has 1 aliphatic carbocycles. The van der Waals surface area contributed by atoms with Crippen LogP contribution in [0.3, 0.4) is 0 Å². The van der Waals surface area contributed by atoms with Crippen molar-refractivity contribution in [3.8, 4) is 0 Å². The second kappa shape index (κ2) is 4.90. The minimum Gasteiger partial charge on any atom is -0.366 e. The highest BCUT2D eigenvalue weighted by molar-refractivity contribution is 6.29. The number of nitrogens with zero attached hydrogens (tertiary/aromatic N) is 3. The topological polar surface area (TPSA) is 50.7 Å². The Labute approximate surface area is 110 Å². The third kappa shape index (κ3) is 2.76. The largest absolute Gasteiger partial charge is 0.366 e. The number of pyridine rings is 1. The summed E-state index contributed by atoms with van der Waals surface area (Å²) >= 11 is 6.00. The van der Waals surface area contributed by atoms with Crippen molar-refractivity contribution in [3.05, 3.63) is 47.1 Å². The number of halogens is 1. The molecule has 0 radical (unpaired) electrons. The van der Waals surface area contributed by atoms with Crippen molar-refractivity contribution < 1.29 is 0 Å². The summed E-state index contributed by atoms with van der Waals surface area (Å²) in [6.45, 7) is 0.686. The predicted octanol–water partition coefficient (Wildman–Crippen LogP) is 3.01. The van der Waals surface area contributed by atoms with E-state index in [1.54, 1.807) is 12.3 Å². The summed E-state index contributed by atoms with van der Waals surface area (Å²) in [6.07, 6.45) is 5.93. The summed E-state index contributed by atoms with van der Waals surface area (Å²) in [7, 11) is 0. The van der Waals surface area contributed by atoms with Crippen LogP contribution in [0.15, 0.2) is 30.6 Å². The number of aromatic nitrogens is 3. The molecule has 92 valence electrons. The lowest BCUT2D eigenvalue weighted by Gasteiger charge is -2.07. The smallest absolute Gasteiger partial charge is 0.135 e. The Balaban J connectivity index is 1.72. The van der Waals surface area contributed by atoms with E-state index in [9.17, 15) is 0 Å². The van der Waals surface area contributed by atoms with Gasteiger partial charge in [-0.25, -0.2) is 9.97 Å². The fourth-order valence-electron chi connectivity index (χ4n) is 1.75. The molecule has 1 aliphatic rings. The maximum atomic E-state index is 6.00. The van der Waals surface area contributed by atoms with Crippen LogP contribution >= 0.6 is 11.6 Å². The second-order valence-electron chi connectivity index (χ2n) is 4.42. The molecule has 5 heteroatoms. The van der Waals surface area contributed by atoms with Gasteiger partial charge in [0.05, 0.1) is 0 Å². The molecule has 4 nitrogen and oxygen atoms in total. The second-order valence-corrected chi connectivity index (χ2v) is 4.81. The molecule has 3 rings (SSSR count). The lowest BCUT2D eigenvalue weighted by molar-refractivity contribution is 0.920. The van der Waals surface area contributed by atoms with Crippen LogP contribution < -0.4 is 5.32 Å². The molecule has 0 aromatic carbocycles. The molecule has 0 aliphatic heterocycles. The number of anilines is 1. The fraction of sp³-hybridized carbons (Fsp3) is 0.308. The van der Waals surface area contributed by atoms with Gasteiger partial charge in [-0.2, -0.15) is 0 Å². The first kappa shape index (κ1) is 11.4. The molecule has 2 heterocycles. The van der Waals surface area contributed by atoms with Gasteiger partial charge in [0, 0.05) is 30.9 Å². The van der Waals surface area contributed by atoms with Crippen LogP contribution in [0.1, 0.15) is 30.1 Å². The molecule has 2 aromatic heterocycles. The Morgan fingerprint density at radius 2 is 2.22 bits per heavy atom. The summed E-state index contributed by atoms with van der Waals surface area (Å²) in [4.78, 5) is 12.8. The van der Waals surface area contributed by atoms with E-state index in [0.29, 0.717) is 17.6 Å². The molecule has 0 amide bonds. The van der Waals surface area contributed by atoms with Crippen molar-refractivity contribution in [3.63, 3.8) is 0 Å². The summed E-state index contributed by atoms with van der Waals surface area (Å²) in [5, 5.41) is 3.75. The molecule has 0 atom stereocenters. The fourth-order valence-corrected chi connectivity index (χ4v) is 1.94. The quantitative estimate of drug-likeness (QED) is 0.859. The summed E-state index contributed by atoms with van der Waals surface area (Å²) < 4.78 is 0. The number of rotatable bonds is 4. The van der Waals surface area contributed by atoms with Gasteiger partial charge in [0.2, 0.25) is 0 Å². The zero-order valence-electron chi connectivity index (χ0n) is 9.81. The van der Waals surface area contributed by atoms with Crippen LogP contribution in [-0.4, -0.2) is 15.0 Å². The Hall–Kier alpha value is -1.68. The molecule has 1 N–H and O–H groups in total. The lowest BCUT2D eigenvalue weighted by atomic mass is 10.3. The van der Waals surface area contributed by atoms with Gasteiger partial charge < -0.3 is 5.32 Å². The number of hydrogen-bond donors (Lipinski definition) is 1. The molecule has 1 fully saturated rings. The van der Waals surface area contributed by atoms with E-state index in [2.05, 4.69) is 20.3 Å². The van der Waals surface area contributed by atoms with Crippen LogP contribution in [0.4, 0.5) is 5.82 Å². The van der Waals surface area contributed by atoms with Crippen molar-refractivity contribution >= 4 is 17.4 Å².